The number of rotatable bonds is 4. The lowest BCUT2D eigenvalue weighted by molar-refractivity contribution is 0.291. The Bertz CT molecular complexity index is 633. The zero-order valence-electron chi connectivity index (χ0n) is 12.0. The van der Waals surface area contributed by atoms with Crippen LogP contribution in [0.5, 0.6) is 5.75 Å². The molecule has 3 rings (SSSR count). The Hall–Kier alpha value is -2.09. The van der Waals surface area contributed by atoms with E-state index in [1.165, 1.54) is 11.1 Å². The lowest BCUT2D eigenvalue weighted by Gasteiger charge is -2.23. The summed E-state index contributed by atoms with van der Waals surface area (Å²) in [6.07, 6.45) is 2.99. The first-order chi connectivity index (χ1) is 9.67. The van der Waals surface area contributed by atoms with Crippen molar-refractivity contribution in [3.05, 3.63) is 59.7 Å². The molecular weight excluding hydrogens is 246 g/mol. The molecule has 2 nitrogen and oxygen atoms in total. The number of hydrogen-bond acceptors (Lipinski definition) is 2. The molecule has 1 heterocycles. The van der Waals surface area contributed by atoms with Gasteiger partial charge in [0.05, 0.1) is 12.3 Å². The Labute approximate surface area is 120 Å². The second kappa shape index (κ2) is 5.12. The summed E-state index contributed by atoms with van der Waals surface area (Å²) in [5.74, 6) is 0.926. The van der Waals surface area contributed by atoms with E-state index in [1.54, 1.807) is 0 Å². The standard InChI is InChI=1S/C18H19NO/c1-14-8-9-17-16(12-14)18(2,13-19-17)10-11-20-15-6-4-3-5-7-15/h3-9,12-13H,10-11H2,1-2H3. The van der Waals surface area contributed by atoms with Crippen molar-refractivity contribution in [2.24, 2.45) is 4.99 Å². The van der Waals surface area contributed by atoms with Gasteiger partial charge in [0.25, 0.3) is 0 Å². The maximum atomic E-state index is 5.82. The third-order valence-corrected chi connectivity index (χ3v) is 3.89. The number of aliphatic imine (C=N–C) groups is 1. The van der Waals surface area contributed by atoms with Crippen molar-refractivity contribution in [3.8, 4) is 5.75 Å². The van der Waals surface area contributed by atoms with Crippen LogP contribution in [-0.2, 0) is 5.41 Å². The maximum Gasteiger partial charge on any atom is 0.119 e. The van der Waals surface area contributed by atoms with Crippen molar-refractivity contribution in [1.29, 1.82) is 0 Å². The average molecular weight is 265 g/mol. The minimum atomic E-state index is -0.0177. The van der Waals surface area contributed by atoms with E-state index in [1.807, 2.05) is 30.3 Å². The van der Waals surface area contributed by atoms with Gasteiger partial charge in [0.15, 0.2) is 0 Å². The molecule has 0 saturated heterocycles. The van der Waals surface area contributed by atoms with Gasteiger partial charge in [-0.1, -0.05) is 42.8 Å². The van der Waals surface area contributed by atoms with Crippen molar-refractivity contribution >= 4 is 11.9 Å². The molecular formula is C18H19NO. The summed E-state index contributed by atoms with van der Waals surface area (Å²) < 4.78 is 5.82. The molecule has 1 unspecified atom stereocenters. The van der Waals surface area contributed by atoms with E-state index in [0.717, 1.165) is 17.9 Å². The summed E-state index contributed by atoms with van der Waals surface area (Å²) in [6, 6.07) is 16.4. The molecule has 1 atom stereocenters. The van der Waals surface area contributed by atoms with Gasteiger partial charge in [-0.05, 0) is 37.1 Å². The van der Waals surface area contributed by atoms with Crippen LogP contribution in [0.1, 0.15) is 24.5 Å². The van der Waals surface area contributed by atoms with Crippen molar-refractivity contribution < 1.29 is 4.74 Å². The molecule has 0 bridgehead atoms. The Morgan fingerprint density at radius 2 is 1.90 bits per heavy atom. The number of fused-ring (bicyclic) bond motifs is 1. The second-order valence-corrected chi connectivity index (χ2v) is 5.61. The van der Waals surface area contributed by atoms with Gasteiger partial charge in [-0.15, -0.1) is 0 Å². The zero-order chi connectivity index (χ0) is 14.0. The summed E-state index contributed by atoms with van der Waals surface area (Å²) in [7, 11) is 0. The van der Waals surface area contributed by atoms with Crippen LogP contribution in [0.15, 0.2) is 53.5 Å². The minimum Gasteiger partial charge on any atom is -0.494 e. The van der Waals surface area contributed by atoms with E-state index in [-0.39, 0.29) is 5.41 Å². The number of aryl methyl sites for hydroxylation is 1. The Balaban J connectivity index is 1.70. The Kier molecular flexibility index (Phi) is 3.31. The first-order valence-electron chi connectivity index (χ1n) is 7.02. The van der Waals surface area contributed by atoms with Crippen molar-refractivity contribution in [1.82, 2.24) is 0 Å². The molecule has 0 spiro atoms. The molecule has 2 aromatic carbocycles. The van der Waals surface area contributed by atoms with E-state index in [0.29, 0.717) is 6.61 Å². The fourth-order valence-corrected chi connectivity index (χ4v) is 2.60. The van der Waals surface area contributed by atoms with Crippen molar-refractivity contribution in [2.75, 3.05) is 6.61 Å². The van der Waals surface area contributed by atoms with Gasteiger partial charge in [-0.2, -0.15) is 0 Å². The van der Waals surface area contributed by atoms with E-state index in [2.05, 4.69) is 43.3 Å². The minimum absolute atomic E-state index is 0.0177. The molecule has 0 amide bonds. The fourth-order valence-electron chi connectivity index (χ4n) is 2.60. The van der Waals surface area contributed by atoms with E-state index in [9.17, 15) is 0 Å². The monoisotopic (exact) mass is 265 g/mol. The molecule has 0 fully saturated rings. The van der Waals surface area contributed by atoms with Crippen LogP contribution in [0.3, 0.4) is 0 Å². The number of nitrogens with zero attached hydrogens (tertiary/aromatic N) is 1. The lowest BCUT2D eigenvalue weighted by Crippen LogP contribution is -2.24. The Morgan fingerprint density at radius 3 is 2.70 bits per heavy atom. The van der Waals surface area contributed by atoms with E-state index >= 15 is 0 Å². The predicted octanol–water partition coefficient (Wildman–Crippen LogP) is 4.44. The van der Waals surface area contributed by atoms with E-state index in [4.69, 9.17) is 4.74 Å². The summed E-state index contributed by atoms with van der Waals surface area (Å²) in [6.45, 7) is 5.05. The van der Waals surface area contributed by atoms with Crippen LogP contribution in [0, 0.1) is 6.92 Å². The highest BCUT2D eigenvalue weighted by molar-refractivity contribution is 5.84. The SMILES string of the molecule is Cc1ccc2c(c1)C(C)(CCOc1ccccc1)C=N2. The number of hydrogen-bond donors (Lipinski definition) is 0. The molecule has 0 saturated carbocycles. The summed E-state index contributed by atoms with van der Waals surface area (Å²) in [5.41, 5.74) is 3.67. The van der Waals surface area contributed by atoms with Crippen molar-refractivity contribution in [2.45, 2.75) is 25.7 Å². The number of benzene rings is 2. The molecule has 20 heavy (non-hydrogen) atoms. The molecule has 0 aliphatic carbocycles. The van der Waals surface area contributed by atoms with Gasteiger partial charge >= 0.3 is 0 Å². The summed E-state index contributed by atoms with van der Waals surface area (Å²) >= 11 is 0. The van der Waals surface area contributed by atoms with Crippen LogP contribution in [0.25, 0.3) is 0 Å². The molecule has 2 heteroatoms. The second-order valence-electron chi connectivity index (χ2n) is 5.61. The van der Waals surface area contributed by atoms with Gasteiger partial charge in [-0.3, -0.25) is 4.99 Å². The third-order valence-electron chi connectivity index (χ3n) is 3.89. The highest BCUT2D eigenvalue weighted by Gasteiger charge is 2.31. The zero-order valence-corrected chi connectivity index (χ0v) is 12.0. The molecule has 0 radical (unpaired) electrons. The first-order valence-corrected chi connectivity index (χ1v) is 7.02. The largest absolute Gasteiger partial charge is 0.494 e. The highest BCUT2D eigenvalue weighted by Crippen LogP contribution is 2.39. The van der Waals surface area contributed by atoms with Crippen LogP contribution in [0.4, 0.5) is 5.69 Å². The van der Waals surface area contributed by atoms with Crippen molar-refractivity contribution in [3.63, 3.8) is 0 Å². The Morgan fingerprint density at radius 1 is 1.10 bits per heavy atom. The summed E-state index contributed by atoms with van der Waals surface area (Å²) in [5, 5.41) is 0. The molecule has 0 aromatic heterocycles. The van der Waals surface area contributed by atoms with Gasteiger partial charge < -0.3 is 4.74 Å². The van der Waals surface area contributed by atoms with Crippen LogP contribution in [0.2, 0.25) is 0 Å². The normalized spacial score (nSPS) is 19.9. The number of para-hydroxylation sites is 1. The first kappa shape index (κ1) is 12.9. The van der Waals surface area contributed by atoms with Crippen LogP contribution >= 0.6 is 0 Å². The van der Waals surface area contributed by atoms with Gasteiger partial charge in [0, 0.05) is 11.6 Å². The molecule has 2 aromatic rings. The fraction of sp³-hybridized carbons (Fsp3) is 0.278. The highest BCUT2D eigenvalue weighted by atomic mass is 16.5. The smallest absolute Gasteiger partial charge is 0.119 e. The quantitative estimate of drug-likeness (QED) is 0.801. The maximum absolute atomic E-state index is 5.82. The third kappa shape index (κ3) is 2.46. The van der Waals surface area contributed by atoms with Crippen LogP contribution < -0.4 is 4.74 Å². The van der Waals surface area contributed by atoms with Gasteiger partial charge in [0.2, 0.25) is 0 Å². The van der Waals surface area contributed by atoms with E-state index < -0.39 is 0 Å². The topological polar surface area (TPSA) is 21.6 Å². The lowest BCUT2D eigenvalue weighted by atomic mass is 9.81. The number of ether oxygens (including phenoxy) is 1. The van der Waals surface area contributed by atoms with Gasteiger partial charge in [0.1, 0.15) is 5.75 Å². The molecule has 1 aliphatic rings. The molecule has 102 valence electrons. The summed E-state index contributed by atoms with van der Waals surface area (Å²) in [4.78, 5) is 4.54. The average Bonchev–Trinajstić information content (AvgIpc) is 2.78. The molecule has 0 N–H and O–H groups in total. The molecule has 1 aliphatic heterocycles. The predicted molar refractivity (Wildman–Crippen MR) is 83.2 cm³/mol. The van der Waals surface area contributed by atoms with Gasteiger partial charge in [-0.25, -0.2) is 0 Å². The van der Waals surface area contributed by atoms with Crippen LogP contribution in [-0.4, -0.2) is 12.8 Å².